The van der Waals surface area contributed by atoms with Gasteiger partial charge in [0, 0.05) is 29.1 Å². The van der Waals surface area contributed by atoms with Crippen molar-refractivity contribution in [2.75, 3.05) is 23.1 Å². The number of hydrogen-bond donors (Lipinski definition) is 2. The van der Waals surface area contributed by atoms with E-state index in [0.717, 1.165) is 34.5 Å². The average Bonchev–Trinajstić information content (AvgIpc) is 2.41. The number of thioether (sulfide) groups is 1. The fourth-order valence-electron chi connectivity index (χ4n) is 2.00. The molecule has 0 aliphatic carbocycles. The lowest BCUT2D eigenvalue weighted by Crippen LogP contribution is -2.21. The van der Waals surface area contributed by atoms with E-state index in [1.807, 2.05) is 30.0 Å². The highest BCUT2D eigenvalue weighted by molar-refractivity contribution is 7.98. The van der Waals surface area contributed by atoms with E-state index in [0.29, 0.717) is 6.04 Å². The molecule has 1 aromatic carbocycles. The summed E-state index contributed by atoms with van der Waals surface area (Å²) in [6.45, 7) is 2.20. The summed E-state index contributed by atoms with van der Waals surface area (Å²) in [4.78, 5) is 4.35. The van der Waals surface area contributed by atoms with Crippen LogP contribution in [0.3, 0.4) is 0 Å². The Morgan fingerprint density at radius 1 is 1.39 bits per heavy atom. The van der Waals surface area contributed by atoms with Crippen molar-refractivity contribution in [2.24, 2.45) is 0 Å². The minimum absolute atomic E-state index is 0.479. The molecule has 0 saturated heterocycles. The number of nitrogens with zero attached hydrogens (tertiary/aromatic N) is 1. The molecule has 1 unspecified atom stereocenters. The van der Waals surface area contributed by atoms with Gasteiger partial charge in [0.25, 0.3) is 0 Å². The fourth-order valence-corrected chi connectivity index (χ4v) is 2.72. The molecule has 0 aliphatic heterocycles. The van der Waals surface area contributed by atoms with Gasteiger partial charge in [0.15, 0.2) is 0 Å². The first-order chi connectivity index (χ1) is 8.76. The summed E-state index contributed by atoms with van der Waals surface area (Å²) in [5, 5.41) is 4.68. The van der Waals surface area contributed by atoms with Gasteiger partial charge < -0.3 is 11.1 Å². The number of nitrogens with one attached hydrogen (secondary N) is 1. The first-order valence-electron chi connectivity index (χ1n) is 6.15. The van der Waals surface area contributed by atoms with Crippen molar-refractivity contribution in [3.8, 4) is 0 Å². The molecule has 96 valence electrons. The first-order valence-corrected chi connectivity index (χ1v) is 7.54. The van der Waals surface area contributed by atoms with Gasteiger partial charge in [-0.05, 0) is 36.9 Å². The zero-order valence-corrected chi connectivity index (χ0v) is 11.6. The Balaban J connectivity index is 2.36. The van der Waals surface area contributed by atoms with Crippen LogP contribution >= 0.6 is 11.8 Å². The summed E-state index contributed by atoms with van der Waals surface area (Å²) in [5.41, 5.74) is 8.68. The largest absolute Gasteiger partial charge is 0.397 e. The van der Waals surface area contributed by atoms with Gasteiger partial charge in [-0.25, -0.2) is 0 Å². The van der Waals surface area contributed by atoms with Gasteiger partial charge in [0.2, 0.25) is 0 Å². The number of hydrogen-bond acceptors (Lipinski definition) is 4. The molecule has 3 nitrogen and oxygen atoms in total. The summed E-state index contributed by atoms with van der Waals surface area (Å²) in [5.74, 6) is 1.10. The minimum atomic E-state index is 0.479. The highest BCUT2D eigenvalue weighted by atomic mass is 32.2. The second kappa shape index (κ2) is 5.96. The van der Waals surface area contributed by atoms with E-state index in [9.17, 15) is 0 Å². The average molecular weight is 261 g/mol. The number of pyridine rings is 1. The zero-order chi connectivity index (χ0) is 13.0. The molecule has 0 radical (unpaired) electrons. The van der Waals surface area contributed by atoms with Crippen molar-refractivity contribution < 1.29 is 0 Å². The van der Waals surface area contributed by atoms with E-state index in [1.165, 1.54) is 0 Å². The predicted molar refractivity (Wildman–Crippen MR) is 82.2 cm³/mol. The number of nitrogens with two attached hydrogens (primary N) is 1. The first kappa shape index (κ1) is 13.0. The highest BCUT2D eigenvalue weighted by Crippen LogP contribution is 2.27. The molecule has 18 heavy (non-hydrogen) atoms. The topological polar surface area (TPSA) is 50.9 Å². The van der Waals surface area contributed by atoms with E-state index in [2.05, 4.69) is 29.5 Å². The summed E-state index contributed by atoms with van der Waals surface area (Å²) in [6, 6.07) is 8.45. The van der Waals surface area contributed by atoms with E-state index in [-0.39, 0.29) is 0 Å². The summed E-state index contributed by atoms with van der Waals surface area (Å²) < 4.78 is 0. The van der Waals surface area contributed by atoms with Crippen molar-refractivity contribution >= 4 is 34.0 Å². The molecular weight excluding hydrogens is 242 g/mol. The Hall–Kier alpha value is -1.42. The summed E-state index contributed by atoms with van der Waals surface area (Å²) in [6.07, 6.45) is 5.02. The molecule has 4 heteroatoms. The van der Waals surface area contributed by atoms with Crippen LogP contribution in [-0.4, -0.2) is 23.0 Å². The van der Waals surface area contributed by atoms with Crippen molar-refractivity contribution in [1.82, 2.24) is 4.98 Å². The van der Waals surface area contributed by atoms with Crippen molar-refractivity contribution in [3.63, 3.8) is 0 Å². The Labute approximate surface area is 112 Å². The van der Waals surface area contributed by atoms with Crippen LogP contribution in [0, 0.1) is 0 Å². The minimum Gasteiger partial charge on any atom is -0.397 e. The third-order valence-electron chi connectivity index (χ3n) is 3.02. The molecule has 1 heterocycles. The van der Waals surface area contributed by atoms with Crippen molar-refractivity contribution in [3.05, 3.63) is 30.5 Å². The van der Waals surface area contributed by atoms with Crippen LogP contribution in [0.25, 0.3) is 10.9 Å². The molecule has 0 bridgehead atoms. The molecule has 0 amide bonds. The van der Waals surface area contributed by atoms with Crippen molar-refractivity contribution in [1.29, 1.82) is 0 Å². The maximum absolute atomic E-state index is 5.95. The van der Waals surface area contributed by atoms with Gasteiger partial charge in [-0.1, -0.05) is 6.92 Å². The SMILES string of the molecule is CCC(CSC)Nc1ccc(N)c2ncccc12. The van der Waals surface area contributed by atoms with Crippen LogP contribution < -0.4 is 11.1 Å². The number of anilines is 2. The van der Waals surface area contributed by atoms with E-state index in [1.54, 1.807) is 6.20 Å². The van der Waals surface area contributed by atoms with Gasteiger partial charge in [0.05, 0.1) is 11.2 Å². The third kappa shape index (κ3) is 2.70. The lowest BCUT2D eigenvalue weighted by Gasteiger charge is -2.18. The van der Waals surface area contributed by atoms with E-state index >= 15 is 0 Å². The van der Waals surface area contributed by atoms with Crippen LogP contribution in [0.15, 0.2) is 30.5 Å². The molecule has 0 aliphatic rings. The normalized spacial score (nSPS) is 12.6. The molecular formula is C14H19N3S. The monoisotopic (exact) mass is 261 g/mol. The number of aromatic nitrogens is 1. The quantitative estimate of drug-likeness (QED) is 0.810. The van der Waals surface area contributed by atoms with Crippen LogP contribution in [0.2, 0.25) is 0 Å². The molecule has 1 aromatic heterocycles. The fraction of sp³-hybridized carbons (Fsp3) is 0.357. The lowest BCUT2D eigenvalue weighted by atomic mass is 10.1. The Kier molecular flexibility index (Phi) is 4.31. The van der Waals surface area contributed by atoms with Gasteiger partial charge in [-0.15, -0.1) is 0 Å². The van der Waals surface area contributed by atoms with Gasteiger partial charge in [-0.2, -0.15) is 11.8 Å². The molecule has 0 saturated carbocycles. The standard InChI is InChI=1S/C14H19N3S/c1-3-10(9-18-2)17-13-7-6-12(15)14-11(13)5-4-8-16-14/h4-8,10,17H,3,9,15H2,1-2H3. The maximum atomic E-state index is 5.95. The number of rotatable bonds is 5. The van der Waals surface area contributed by atoms with Crippen LogP contribution in [-0.2, 0) is 0 Å². The molecule has 2 rings (SSSR count). The highest BCUT2D eigenvalue weighted by Gasteiger charge is 2.09. The Bertz CT molecular complexity index is 527. The molecule has 0 spiro atoms. The predicted octanol–water partition coefficient (Wildman–Crippen LogP) is 3.37. The summed E-state index contributed by atoms with van der Waals surface area (Å²) in [7, 11) is 0. The Morgan fingerprint density at radius 3 is 2.94 bits per heavy atom. The van der Waals surface area contributed by atoms with Gasteiger partial charge in [-0.3, -0.25) is 4.98 Å². The molecule has 2 aromatic rings. The van der Waals surface area contributed by atoms with Crippen LogP contribution in [0.5, 0.6) is 0 Å². The third-order valence-corrected chi connectivity index (χ3v) is 3.76. The second-order valence-corrected chi connectivity index (χ2v) is 5.22. The van der Waals surface area contributed by atoms with Gasteiger partial charge in [0.1, 0.15) is 0 Å². The van der Waals surface area contributed by atoms with Crippen LogP contribution in [0.4, 0.5) is 11.4 Å². The summed E-state index contributed by atoms with van der Waals surface area (Å²) >= 11 is 1.86. The van der Waals surface area contributed by atoms with E-state index in [4.69, 9.17) is 5.73 Å². The number of benzene rings is 1. The Morgan fingerprint density at radius 2 is 2.22 bits per heavy atom. The van der Waals surface area contributed by atoms with Crippen LogP contribution in [0.1, 0.15) is 13.3 Å². The molecule has 0 fully saturated rings. The zero-order valence-electron chi connectivity index (χ0n) is 10.8. The smallest absolute Gasteiger partial charge is 0.0951 e. The molecule has 1 atom stereocenters. The van der Waals surface area contributed by atoms with Crippen molar-refractivity contribution in [2.45, 2.75) is 19.4 Å². The molecule has 3 N–H and O–H groups in total. The lowest BCUT2D eigenvalue weighted by molar-refractivity contribution is 0.776. The second-order valence-electron chi connectivity index (χ2n) is 4.31. The number of nitrogen functional groups attached to an aromatic ring is 1. The maximum Gasteiger partial charge on any atom is 0.0951 e. The number of fused-ring (bicyclic) bond motifs is 1. The van der Waals surface area contributed by atoms with E-state index < -0.39 is 0 Å². The van der Waals surface area contributed by atoms with Gasteiger partial charge >= 0.3 is 0 Å².